The summed E-state index contributed by atoms with van der Waals surface area (Å²) in [6.07, 6.45) is 6.99. The van der Waals surface area contributed by atoms with E-state index in [0.717, 1.165) is 51.6 Å². The molecule has 2 aromatic carbocycles. The van der Waals surface area contributed by atoms with Gasteiger partial charge in [-0.2, -0.15) is 0 Å². The zero-order valence-corrected chi connectivity index (χ0v) is 23.0. The third kappa shape index (κ3) is 5.84. The normalized spacial score (nSPS) is 21.9. The first-order valence-corrected chi connectivity index (χ1v) is 15.2. The van der Waals surface area contributed by atoms with Crippen molar-refractivity contribution in [3.8, 4) is 11.1 Å². The maximum absolute atomic E-state index is 13.0. The number of nitrogens with zero attached hydrogens (tertiary/aromatic N) is 2. The summed E-state index contributed by atoms with van der Waals surface area (Å²) >= 11 is 0. The molecule has 35 heavy (non-hydrogen) atoms. The molecule has 0 spiro atoms. The Labute approximate surface area is 213 Å². The molecule has 2 aliphatic rings. The van der Waals surface area contributed by atoms with Gasteiger partial charge in [0.05, 0.1) is 5.25 Å². The molecule has 0 radical (unpaired) electrons. The third-order valence-electron chi connectivity index (χ3n) is 8.63. The van der Waals surface area contributed by atoms with E-state index in [0.29, 0.717) is 25.0 Å². The molecule has 192 valence electrons. The van der Waals surface area contributed by atoms with Crippen LogP contribution in [-0.2, 0) is 10.0 Å². The number of hydrogen-bond acceptors (Lipinski definition) is 3. The van der Waals surface area contributed by atoms with E-state index in [4.69, 9.17) is 0 Å². The van der Waals surface area contributed by atoms with Crippen molar-refractivity contribution in [2.45, 2.75) is 89.9 Å². The van der Waals surface area contributed by atoms with Gasteiger partial charge in [0.15, 0.2) is 0 Å². The Morgan fingerprint density at radius 3 is 2.34 bits per heavy atom. The molecular formula is C30H44N2O2S. The minimum absolute atomic E-state index is 0.145. The molecule has 1 heterocycles. The molecule has 1 saturated carbocycles. The lowest BCUT2D eigenvalue weighted by molar-refractivity contribution is 0.0705. The number of benzene rings is 2. The Morgan fingerprint density at radius 1 is 0.971 bits per heavy atom. The first kappa shape index (κ1) is 26.4. The van der Waals surface area contributed by atoms with Crippen LogP contribution in [0.4, 0.5) is 0 Å². The van der Waals surface area contributed by atoms with Gasteiger partial charge < -0.3 is 0 Å². The highest BCUT2D eigenvalue weighted by Gasteiger charge is 2.36. The quantitative estimate of drug-likeness (QED) is 0.352. The Hall–Kier alpha value is -1.69. The van der Waals surface area contributed by atoms with E-state index in [-0.39, 0.29) is 5.25 Å². The molecule has 2 unspecified atom stereocenters. The molecular weight excluding hydrogens is 452 g/mol. The number of unbranched alkanes of at least 4 members (excludes halogenated alkanes) is 1. The maximum Gasteiger partial charge on any atom is 0.216 e. The number of aryl methyl sites for hydroxylation is 1. The molecule has 0 aromatic heterocycles. The molecule has 0 N–H and O–H groups in total. The van der Waals surface area contributed by atoms with Crippen molar-refractivity contribution in [3.63, 3.8) is 0 Å². The highest BCUT2D eigenvalue weighted by molar-refractivity contribution is 7.89. The fourth-order valence-corrected chi connectivity index (χ4v) is 8.08. The molecule has 2 atom stereocenters. The fraction of sp³-hybridized carbons (Fsp3) is 0.600. The van der Waals surface area contributed by atoms with Crippen molar-refractivity contribution in [2.24, 2.45) is 0 Å². The minimum Gasteiger partial charge on any atom is -0.299 e. The average Bonchev–Trinajstić information content (AvgIpc) is 2.87. The van der Waals surface area contributed by atoms with Crippen LogP contribution in [0.3, 0.4) is 0 Å². The van der Waals surface area contributed by atoms with E-state index >= 15 is 0 Å². The molecule has 4 nitrogen and oxygen atoms in total. The van der Waals surface area contributed by atoms with E-state index in [1.807, 2.05) is 6.92 Å². The smallest absolute Gasteiger partial charge is 0.216 e. The van der Waals surface area contributed by atoms with Crippen LogP contribution >= 0.6 is 0 Å². The summed E-state index contributed by atoms with van der Waals surface area (Å²) in [4.78, 5) is 2.55. The molecule has 2 fully saturated rings. The predicted octanol–water partition coefficient (Wildman–Crippen LogP) is 6.52. The van der Waals surface area contributed by atoms with E-state index in [9.17, 15) is 8.42 Å². The van der Waals surface area contributed by atoms with Crippen LogP contribution in [-0.4, -0.2) is 55.1 Å². The lowest BCUT2D eigenvalue weighted by atomic mass is 9.82. The Bertz CT molecular complexity index is 1070. The Kier molecular flexibility index (Phi) is 8.72. The topological polar surface area (TPSA) is 40.6 Å². The van der Waals surface area contributed by atoms with Gasteiger partial charge in [0.1, 0.15) is 0 Å². The Balaban J connectivity index is 1.24. The standard InChI is InChI=1S/C30H44N2O2S/c1-5-32(35(33,34)28-13-7-6-8-14-28)21-10-9-20-31-22-30(25(31)4)27-18-16-26(17-19-27)29-15-11-12-23(2)24(29)3/h11-12,15-19,25,28,30H,5-10,13-14,20-22H2,1-4H3. The molecule has 1 aliphatic carbocycles. The zero-order valence-electron chi connectivity index (χ0n) is 22.2. The van der Waals surface area contributed by atoms with Gasteiger partial charge >= 0.3 is 0 Å². The number of rotatable bonds is 10. The summed E-state index contributed by atoms with van der Waals surface area (Å²) in [7, 11) is -3.13. The highest BCUT2D eigenvalue weighted by Crippen LogP contribution is 2.35. The second-order valence-electron chi connectivity index (χ2n) is 10.7. The SMILES string of the molecule is CCN(CCCCN1CC(c2ccc(-c3cccc(C)c3C)cc2)C1C)S(=O)(=O)C1CCCCC1. The largest absolute Gasteiger partial charge is 0.299 e. The van der Waals surface area contributed by atoms with Gasteiger partial charge in [0, 0.05) is 31.6 Å². The lowest BCUT2D eigenvalue weighted by Gasteiger charge is -2.47. The molecule has 0 bridgehead atoms. The van der Waals surface area contributed by atoms with Crippen molar-refractivity contribution < 1.29 is 8.42 Å². The predicted molar refractivity (Wildman–Crippen MR) is 147 cm³/mol. The molecule has 1 saturated heterocycles. The summed E-state index contributed by atoms with van der Waals surface area (Å²) in [5.41, 5.74) is 6.74. The van der Waals surface area contributed by atoms with Crippen molar-refractivity contribution in [1.82, 2.24) is 9.21 Å². The third-order valence-corrected chi connectivity index (χ3v) is 11.1. The fourth-order valence-electron chi connectivity index (χ4n) is 5.98. The molecule has 4 rings (SSSR count). The van der Waals surface area contributed by atoms with Crippen molar-refractivity contribution >= 4 is 10.0 Å². The van der Waals surface area contributed by atoms with Crippen molar-refractivity contribution in [1.29, 1.82) is 0 Å². The molecule has 5 heteroatoms. The second kappa shape index (κ2) is 11.6. The van der Waals surface area contributed by atoms with E-state index in [2.05, 4.69) is 68.1 Å². The minimum atomic E-state index is -3.13. The monoisotopic (exact) mass is 496 g/mol. The Morgan fingerprint density at radius 2 is 1.69 bits per heavy atom. The van der Waals surface area contributed by atoms with Crippen molar-refractivity contribution in [2.75, 3.05) is 26.2 Å². The zero-order chi connectivity index (χ0) is 25.0. The summed E-state index contributed by atoms with van der Waals surface area (Å²) in [5, 5.41) is -0.145. The summed E-state index contributed by atoms with van der Waals surface area (Å²) in [5.74, 6) is 0.585. The highest BCUT2D eigenvalue weighted by atomic mass is 32.2. The summed E-state index contributed by atoms with van der Waals surface area (Å²) in [6, 6.07) is 16.2. The molecule has 2 aromatic rings. The number of hydrogen-bond donors (Lipinski definition) is 0. The van der Waals surface area contributed by atoms with Gasteiger partial charge in [-0.1, -0.05) is 68.7 Å². The van der Waals surface area contributed by atoms with Crippen LogP contribution in [0, 0.1) is 13.8 Å². The number of likely N-dealkylation sites (tertiary alicyclic amines) is 1. The summed E-state index contributed by atoms with van der Waals surface area (Å²) < 4.78 is 27.8. The van der Waals surface area contributed by atoms with Gasteiger partial charge in [0.25, 0.3) is 0 Å². The first-order valence-electron chi connectivity index (χ1n) is 13.7. The average molecular weight is 497 g/mol. The van der Waals surface area contributed by atoms with Gasteiger partial charge in [-0.25, -0.2) is 12.7 Å². The van der Waals surface area contributed by atoms with E-state index < -0.39 is 10.0 Å². The number of sulfonamides is 1. The van der Waals surface area contributed by atoms with Crippen molar-refractivity contribution in [3.05, 3.63) is 59.2 Å². The van der Waals surface area contributed by atoms with Gasteiger partial charge in [-0.3, -0.25) is 4.90 Å². The first-order chi connectivity index (χ1) is 16.8. The molecule has 1 aliphatic heterocycles. The lowest BCUT2D eigenvalue weighted by Crippen LogP contribution is -2.53. The van der Waals surface area contributed by atoms with Crippen LogP contribution in [0.15, 0.2) is 42.5 Å². The van der Waals surface area contributed by atoms with Crippen LogP contribution in [0.25, 0.3) is 11.1 Å². The van der Waals surface area contributed by atoms with Gasteiger partial charge in [-0.05, 0) is 80.8 Å². The van der Waals surface area contributed by atoms with E-state index in [1.165, 1.54) is 34.2 Å². The summed E-state index contributed by atoms with van der Waals surface area (Å²) in [6.45, 7) is 12.1. The molecule has 0 amide bonds. The second-order valence-corrected chi connectivity index (χ2v) is 12.9. The maximum atomic E-state index is 13.0. The van der Waals surface area contributed by atoms with Crippen LogP contribution in [0.1, 0.15) is 81.4 Å². The van der Waals surface area contributed by atoms with Crippen LogP contribution < -0.4 is 0 Å². The van der Waals surface area contributed by atoms with Gasteiger partial charge in [0.2, 0.25) is 10.0 Å². The van der Waals surface area contributed by atoms with Crippen LogP contribution in [0.2, 0.25) is 0 Å². The van der Waals surface area contributed by atoms with Gasteiger partial charge in [-0.15, -0.1) is 0 Å². The van der Waals surface area contributed by atoms with E-state index in [1.54, 1.807) is 4.31 Å². The van der Waals surface area contributed by atoms with Crippen LogP contribution in [0.5, 0.6) is 0 Å².